The fourth-order valence-electron chi connectivity index (χ4n) is 9.08. The first-order valence-corrected chi connectivity index (χ1v) is 46.8. The number of pyridine rings is 2. The molecule has 5 N–H and O–H groups in total. The molecule has 0 saturated heterocycles. The third kappa shape index (κ3) is 20.0. The SMILES string of the molecule is Cc1ccc(S(=O)(=O)O)cc1.I.II.I[I-]I.Nc1ccn(-c2ccccc2F)n1.O=C1OC2(CCC(C(=O)Nc3ccn(-c4ccccc4F)n3)CC2)c2cnccc21.O=C1OC2(CCC(C(=O)O)CC2)c2cnccc21.O=S(Cl)Cl. The summed E-state index contributed by atoms with van der Waals surface area (Å²) in [5.41, 5.74) is 8.54. The zero-order chi connectivity index (χ0) is 59.5. The molecule has 2 saturated carbocycles. The number of nitrogen functional groups attached to an aromatic ring is 1. The molecule has 3 aromatic carbocycles. The van der Waals surface area contributed by atoms with E-state index in [9.17, 15) is 36.4 Å². The quantitative estimate of drug-likeness (QED) is 0.0521. The number of hydrogen-bond donors (Lipinski definition) is 4. The first-order chi connectivity index (χ1) is 38.6. The van der Waals surface area contributed by atoms with Crippen LogP contribution in [0.3, 0.4) is 0 Å². The summed E-state index contributed by atoms with van der Waals surface area (Å²) in [4.78, 5) is 55.8. The number of carbonyl (C=O) groups excluding carboxylic acids is 3. The molecular weight excluding hydrogens is 1840 g/mol. The molecule has 11 rings (SSSR count). The van der Waals surface area contributed by atoms with Crippen LogP contribution in [0, 0.1) is 30.4 Å². The normalized spacial score (nSPS) is 18.8. The fourth-order valence-corrected chi connectivity index (χ4v) is 9.56. The van der Waals surface area contributed by atoms with Gasteiger partial charge in [-0.05, 0) is 107 Å². The molecule has 2 aliphatic carbocycles. The minimum absolute atomic E-state index is 0. The number of fused-ring (bicyclic) bond motifs is 4. The summed E-state index contributed by atoms with van der Waals surface area (Å²) in [5.74, 6) is -2.05. The number of halogens is 10. The second kappa shape index (κ2) is 34.3. The van der Waals surface area contributed by atoms with Crippen LogP contribution < -0.4 is 24.3 Å². The molecule has 82 heavy (non-hydrogen) atoms. The number of amides is 1. The minimum atomic E-state index is -4.02. The number of nitrogens with two attached hydrogens (primary N) is 1. The van der Waals surface area contributed by atoms with Gasteiger partial charge in [-0.1, -0.05) is 42.0 Å². The predicted molar refractivity (Wildman–Crippen MR) is 347 cm³/mol. The number of rotatable bonds is 6. The second-order valence-electron chi connectivity index (χ2n) is 17.7. The molecule has 0 bridgehead atoms. The third-order valence-electron chi connectivity index (χ3n) is 12.9. The van der Waals surface area contributed by atoms with E-state index in [0.29, 0.717) is 98.8 Å². The molecule has 1 amide bonds. The van der Waals surface area contributed by atoms with E-state index in [4.69, 9.17) is 29.1 Å². The van der Waals surface area contributed by atoms with Crippen LogP contribution in [0.2, 0.25) is 0 Å². The molecule has 2 spiro atoms. The Balaban J connectivity index is 0.000000238. The largest absolute Gasteiger partial charge is 0.481 e. The number of carbonyl (C=O) groups is 4. The molecule has 6 heterocycles. The van der Waals surface area contributed by atoms with Gasteiger partial charge in [-0.15, -0.1) is 29.1 Å². The topological polar surface area (TPSA) is 278 Å². The van der Waals surface area contributed by atoms with Gasteiger partial charge in [0.1, 0.15) is 40.0 Å². The number of nitrogens with zero attached hydrogens (tertiary/aromatic N) is 6. The Bertz CT molecular complexity index is 3410. The predicted octanol–water partition coefficient (Wildman–Crippen LogP) is 10.4. The first-order valence-electron chi connectivity index (χ1n) is 23.7. The van der Waals surface area contributed by atoms with Gasteiger partial charge in [-0.25, -0.2) is 31.9 Å². The maximum atomic E-state index is 13.9. The number of aromatic nitrogens is 6. The van der Waals surface area contributed by atoms with Gasteiger partial charge in [0, 0.05) is 125 Å². The van der Waals surface area contributed by atoms with E-state index in [-0.39, 0.29) is 64.4 Å². The Morgan fingerprint density at radius 3 is 1.56 bits per heavy atom. The number of aliphatic carboxylic acids is 1. The molecule has 0 atom stereocenters. The number of carboxylic acids is 1. The van der Waals surface area contributed by atoms with Gasteiger partial charge in [-0.3, -0.25) is 24.1 Å². The summed E-state index contributed by atoms with van der Waals surface area (Å²) in [6, 6.07) is 25.3. The smallest absolute Gasteiger partial charge is 0.339 e. The number of carboxylic acid groups (broad SMARTS) is 1. The van der Waals surface area contributed by atoms with Gasteiger partial charge in [0.05, 0.1) is 21.9 Å². The van der Waals surface area contributed by atoms with Crippen molar-refractivity contribution in [1.82, 2.24) is 29.5 Å². The summed E-state index contributed by atoms with van der Waals surface area (Å²) in [5, 5.41) is 20.0. The van der Waals surface area contributed by atoms with Crippen molar-refractivity contribution in [2.24, 2.45) is 11.8 Å². The number of anilines is 2. The Morgan fingerprint density at radius 2 is 1.16 bits per heavy atom. The van der Waals surface area contributed by atoms with Gasteiger partial charge in [0.15, 0.2) is 5.82 Å². The van der Waals surface area contributed by atoms with E-state index in [1.54, 1.807) is 110 Å². The molecule has 2 fully saturated rings. The minimum Gasteiger partial charge on any atom is -0.481 e. The van der Waals surface area contributed by atoms with Gasteiger partial charge in [-0.2, -0.15) is 13.5 Å². The van der Waals surface area contributed by atoms with E-state index in [2.05, 4.69) is 121 Å². The summed E-state index contributed by atoms with van der Waals surface area (Å²) < 4.78 is 79.8. The molecular formula is C51H49Cl2F2I6N8O11S2-. The summed E-state index contributed by atoms with van der Waals surface area (Å²) in [6.07, 6.45) is 14.2. The molecule has 0 unspecified atom stereocenters. The number of nitrogens with one attached hydrogen (secondary N) is 1. The molecule has 31 heteroatoms. The van der Waals surface area contributed by atoms with Crippen LogP contribution in [0.25, 0.3) is 11.4 Å². The summed E-state index contributed by atoms with van der Waals surface area (Å²) >= 11 is 9.54. The van der Waals surface area contributed by atoms with E-state index in [0.717, 1.165) is 16.7 Å². The molecule has 4 aliphatic rings. The van der Waals surface area contributed by atoms with Crippen molar-refractivity contribution in [2.75, 3.05) is 11.1 Å². The molecule has 2 aliphatic heterocycles. The van der Waals surface area contributed by atoms with Crippen LogP contribution in [0.5, 0.6) is 0 Å². The van der Waals surface area contributed by atoms with E-state index in [1.165, 1.54) is 33.6 Å². The Kier molecular flexibility index (Phi) is 29.9. The number of para-hydroxylation sites is 2. The summed E-state index contributed by atoms with van der Waals surface area (Å²) in [7, 11) is 3.34. The summed E-state index contributed by atoms with van der Waals surface area (Å²) in [6.45, 7) is 1.84. The number of benzene rings is 3. The zero-order valence-corrected chi connectivity index (χ0v) is 58.7. The average Bonchev–Trinajstić information content (AvgIpc) is 4.05. The average molecular weight is 1880 g/mol. The van der Waals surface area contributed by atoms with Gasteiger partial charge >= 0.3 is 68.4 Å². The fraction of sp³-hybridized carbons (Fsp3) is 0.255. The Labute approximate surface area is 552 Å². The monoisotopic (exact) mass is 1880 g/mol. The Hall–Kier alpha value is -3.06. The van der Waals surface area contributed by atoms with Gasteiger partial charge in [0.2, 0.25) is 15.1 Å². The van der Waals surface area contributed by atoms with Crippen LogP contribution in [-0.2, 0) is 49.6 Å². The van der Waals surface area contributed by atoms with Crippen molar-refractivity contribution in [3.8, 4) is 11.4 Å². The van der Waals surface area contributed by atoms with Crippen molar-refractivity contribution < 1.29 is 73.0 Å². The van der Waals surface area contributed by atoms with Crippen molar-refractivity contribution in [3.63, 3.8) is 0 Å². The van der Waals surface area contributed by atoms with Crippen molar-refractivity contribution in [2.45, 2.75) is 74.4 Å². The van der Waals surface area contributed by atoms with Crippen LogP contribution in [0.1, 0.15) is 88.8 Å². The molecule has 19 nitrogen and oxygen atoms in total. The van der Waals surface area contributed by atoms with E-state index in [1.807, 2.05) is 6.92 Å². The Morgan fingerprint density at radius 1 is 0.744 bits per heavy atom. The molecule has 442 valence electrons. The standard InChI is InChI=1S/C22H19FN4O3.C13H13NO4.C9H8FN3.C7H8O3S.Cl2OS.I3.I2.HI/c23-17-3-1-2-4-18(17)27-12-8-19(26-27)25-20(28)14-5-9-22(10-6-14)16-13-24-11-7-15(16)21(29)30-22;15-11(16)8-1-4-13(5-2-8)10-7-14-6-3-9(10)12(17)18-13;10-7-3-1-2-4-8(7)13-6-5-9(11)12-13;1-6-2-4-7(5-3-6)11(8,9)10;1-4(2)3;1-3-2;1-2;/h1-4,7-8,11-14H,5-6,9-10H2,(H,25,26,28);3,6-8H,1-2,4-5H2,(H,15,16);1-6H,(H2,11,12);2-5H,1H3,(H,8,9,10);;;;1H/q;;;;;-1;;. The first kappa shape index (κ1) is 71.4. The second-order valence-corrected chi connectivity index (χ2v) is 37.9. The van der Waals surface area contributed by atoms with Crippen molar-refractivity contribution >= 4 is 175 Å². The van der Waals surface area contributed by atoms with E-state index >= 15 is 0 Å². The zero-order valence-electron chi connectivity index (χ0n) is 42.5. The third-order valence-corrected chi connectivity index (χ3v) is 13.8. The maximum absolute atomic E-state index is 13.9. The molecule has 0 radical (unpaired) electrons. The van der Waals surface area contributed by atoms with Crippen molar-refractivity contribution in [1.29, 1.82) is 0 Å². The van der Waals surface area contributed by atoms with Crippen LogP contribution >= 0.6 is 120 Å². The number of aryl methyl sites for hydroxylation is 1. The van der Waals surface area contributed by atoms with Crippen LogP contribution in [0.4, 0.5) is 20.4 Å². The maximum Gasteiger partial charge on any atom is 0.339 e. The van der Waals surface area contributed by atoms with Crippen LogP contribution in [-0.4, -0.2) is 75.6 Å². The van der Waals surface area contributed by atoms with E-state index < -0.39 is 42.3 Å². The number of ether oxygens (including phenoxy) is 2. The van der Waals surface area contributed by atoms with Gasteiger partial charge < -0.3 is 25.6 Å². The number of hydrogen-bond acceptors (Lipinski definition) is 14. The molecule has 7 aromatic rings. The van der Waals surface area contributed by atoms with Crippen molar-refractivity contribution in [3.05, 3.63) is 174 Å². The van der Waals surface area contributed by atoms with Crippen LogP contribution in [0.15, 0.2) is 139 Å². The van der Waals surface area contributed by atoms with Gasteiger partial charge in [0.25, 0.3) is 10.1 Å². The molecule has 4 aromatic heterocycles. The number of esters is 2.